The summed E-state index contributed by atoms with van der Waals surface area (Å²) in [5.41, 5.74) is 0. The van der Waals surface area contributed by atoms with Crippen LogP contribution in [0.3, 0.4) is 0 Å². The van der Waals surface area contributed by atoms with Gasteiger partial charge in [-0.2, -0.15) is 0 Å². The molecular weight excluding hydrogens is 232 g/mol. The van der Waals surface area contributed by atoms with E-state index in [2.05, 4.69) is 5.32 Å². The SMILES string of the molecule is CC(NC(=O)N1CCC[C@@H]1C(=O)O)C1CCCC1. The van der Waals surface area contributed by atoms with Crippen molar-refractivity contribution in [3.8, 4) is 0 Å². The highest BCUT2D eigenvalue weighted by molar-refractivity contribution is 5.83. The maximum Gasteiger partial charge on any atom is 0.326 e. The zero-order chi connectivity index (χ0) is 13.1. The Labute approximate surface area is 108 Å². The first-order valence-electron chi connectivity index (χ1n) is 6.89. The van der Waals surface area contributed by atoms with Gasteiger partial charge in [-0.15, -0.1) is 0 Å². The highest BCUT2D eigenvalue weighted by Crippen LogP contribution is 2.28. The number of carbonyl (C=O) groups is 2. The van der Waals surface area contributed by atoms with Crippen LogP contribution in [0, 0.1) is 5.92 Å². The minimum absolute atomic E-state index is 0.148. The molecule has 0 spiro atoms. The van der Waals surface area contributed by atoms with Gasteiger partial charge in [0.05, 0.1) is 0 Å². The van der Waals surface area contributed by atoms with E-state index in [0.29, 0.717) is 18.9 Å². The van der Waals surface area contributed by atoms with Crippen LogP contribution in [-0.4, -0.2) is 40.6 Å². The maximum absolute atomic E-state index is 12.1. The largest absolute Gasteiger partial charge is 0.480 e. The van der Waals surface area contributed by atoms with Crippen molar-refractivity contribution in [3.63, 3.8) is 0 Å². The lowest BCUT2D eigenvalue weighted by Gasteiger charge is -2.26. The fourth-order valence-electron chi connectivity index (χ4n) is 3.12. The van der Waals surface area contributed by atoms with Crippen molar-refractivity contribution in [1.29, 1.82) is 0 Å². The molecule has 2 rings (SSSR count). The summed E-state index contributed by atoms with van der Waals surface area (Å²) in [6, 6.07) is -0.699. The Morgan fingerprint density at radius 2 is 1.89 bits per heavy atom. The Morgan fingerprint density at radius 1 is 1.22 bits per heavy atom. The van der Waals surface area contributed by atoms with E-state index >= 15 is 0 Å². The van der Waals surface area contributed by atoms with Crippen LogP contribution in [0.15, 0.2) is 0 Å². The summed E-state index contributed by atoms with van der Waals surface area (Å²) in [5, 5.41) is 12.0. The lowest BCUT2D eigenvalue weighted by atomic mass is 10.00. The van der Waals surface area contributed by atoms with Crippen LogP contribution in [0.1, 0.15) is 45.4 Å². The Morgan fingerprint density at radius 3 is 2.50 bits per heavy atom. The van der Waals surface area contributed by atoms with Gasteiger partial charge in [0.1, 0.15) is 6.04 Å². The number of carbonyl (C=O) groups excluding carboxylic acids is 1. The Kier molecular flexibility index (Phi) is 4.09. The molecule has 0 aromatic carbocycles. The minimum atomic E-state index is -0.892. The summed E-state index contributed by atoms with van der Waals surface area (Å²) in [4.78, 5) is 24.6. The third kappa shape index (κ3) is 2.76. The molecule has 2 amide bonds. The second-order valence-electron chi connectivity index (χ2n) is 5.47. The quantitative estimate of drug-likeness (QED) is 0.807. The lowest BCUT2D eigenvalue weighted by molar-refractivity contribution is -0.141. The molecule has 0 aromatic heterocycles. The first-order chi connectivity index (χ1) is 8.59. The smallest absolute Gasteiger partial charge is 0.326 e. The van der Waals surface area contributed by atoms with Crippen LogP contribution in [-0.2, 0) is 4.79 Å². The van der Waals surface area contributed by atoms with Crippen LogP contribution in [0.4, 0.5) is 4.79 Å². The zero-order valence-electron chi connectivity index (χ0n) is 10.9. The van der Waals surface area contributed by atoms with Gasteiger partial charge in [-0.05, 0) is 38.5 Å². The summed E-state index contributed by atoms with van der Waals surface area (Å²) in [6.45, 7) is 2.58. The number of nitrogens with one attached hydrogen (secondary N) is 1. The van der Waals surface area contributed by atoms with Crippen molar-refractivity contribution in [2.24, 2.45) is 5.92 Å². The summed E-state index contributed by atoms with van der Waals surface area (Å²) in [7, 11) is 0. The number of hydrogen-bond acceptors (Lipinski definition) is 2. The molecule has 0 aromatic rings. The molecule has 1 saturated heterocycles. The second kappa shape index (κ2) is 5.59. The second-order valence-corrected chi connectivity index (χ2v) is 5.47. The number of nitrogens with zero attached hydrogens (tertiary/aromatic N) is 1. The minimum Gasteiger partial charge on any atom is -0.480 e. The van der Waals surface area contributed by atoms with Crippen LogP contribution in [0.25, 0.3) is 0 Å². The molecular formula is C13H22N2O3. The molecule has 2 atom stereocenters. The average molecular weight is 254 g/mol. The van der Waals surface area contributed by atoms with Crippen LogP contribution >= 0.6 is 0 Å². The lowest BCUT2D eigenvalue weighted by Crippen LogP contribution is -2.49. The van der Waals surface area contributed by atoms with Gasteiger partial charge in [0.25, 0.3) is 0 Å². The highest BCUT2D eigenvalue weighted by Gasteiger charge is 2.35. The first kappa shape index (κ1) is 13.2. The van der Waals surface area contributed by atoms with Gasteiger partial charge in [-0.25, -0.2) is 9.59 Å². The van der Waals surface area contributed by atoms with Gasteiger partial charge in [-0.3, -0.25) is 0 Å². The number of urea groups is 1. The number of carboxylic acids is 1. The predicted octanol–water partition coefficient (Wildman–Crippen LogP) is 1.82. The molecule has 1 saturated carbocycles. The van der Waals surface area contributed by atoms with Crippen LogP contribution in [0.2, 0.25) is 0 Å². The average Bonchev–Trinajstić information content (AvgIpc) is 3.00. The molecule has 0 bridgehead atoms. The zero-order valence-corrected chi connectivity index (χ0v) is 10.9. The van der Waals surface area contributed by atoms with Gasteiger partial charge in [-0.1, -0.05) is 12.8 Å². The Hall–Kier alpha value is -1.26. The Bertz CT molecular complexity index is 326. The molecule has 2 N–H and O–H groups in total. The van der Waals surface area contributed by atoms with Crippen LogP contribution in [0.5, 0.6) is 0 Å². The molecule has 2 fully saturated rings. The molecule has 18 heavy (non-hydrogen) atoms. The van der Waals surface area contributed by atoms with E-state index in [9.17, 15) is 9.59 Å². The van der Waals surface area contributed by atoms with Gasteiger partial charge < -0.3 is 15.3 Å². The fourth-order valence-corrected chi connectivity index (χ4v) is 3.12. The van der Waals surface area contributed by atoms with Crippen molar-refractivity contribution in [1.82, 2.24) is 10.2 Å². The van der Waals surface area contributed by atoms with Crippen molar-refractivity contribution in [3.05, 3.63) is 0 Å². The predicted molar refractivity (Wildman–Crippen MR) is 67.3 cm³/mol. The van der Waals surface area contributed by atoms with Gasteiger partial charge in [0.2, 0.25) is 0 Å². The molecule has 5 nitrogen and oxygen atoms in total. The van der Waals surface area contributed by atoms with Crippen molar-refractivity contribution in [2.75, 3.05) is 6.54 Å². The number of aliphatic carboxylic acids is 1. The normalized spacial score (nSPS) is 26.3. The van der Waals surface area contributed by atoms with E-state index in [1.807, 2.05) is 6.92 Å². The maximum atomic E-state index is 12.1. The van der Waals surface area contributed by atoms with E-state index in [0.717, 1.165) is 6.42 Å². The topological polar surface area (TPSA) is 69.6 Å². The van der Waals surface area contributed by atoms with E-state index in [-0.39, 0.29) is 12.1 Å². The molecule has 2 aliphatic rings. The molecule has 5 heteroatoms. The van der Waals surface area contributed by atoms with E-state index in [1.54, 1.807) is 0 Å². The van der Waals surface area contributed by atoms with E-state index < -0.39 is 12.0 Å². The highest BCUT2D eigenvalue weighted by atomic mass is 16.4. The van der Waals surface area contributed by atoms with Crippen molar-refractivity contribution >= 4 is 12.0 Å². The standard InChI is InChI=1S/C13H22N2O3/c1-9(10-5-2-3-6-10)14-13(18)15-8-4-7-11(15)12(16)17/h9-11H,2-8H2,1H3,(H,14,18)(H,16,17)/t9?,11-/m1/s1. The van der Waals surface area contributed by atoms with Gasteiger partial charge >= 0.3 is 12.0 Å². The number of carboxylic acid groups (broad SMARTS) is 1. The van der Waals surface area contributed by atoms with Crippen LogP contribution < -0.4 is 5.32 Å². The van der Waals surface area contributed by atoms with Crippen molar-refractivity contribution in [2.45, 2.75) is 57.5 Å². The number of hydrogen-bond donors (Lipinski definition) is 2. The number of amides is 2. The summed E-state index contributed by atoms with van der Waals surface area (Å²) in [5.74, 6) is -0.337. The number of rotatable bonds is 3. The Balaban J connectivity index is 1.88. The van der Waals surface area contributed by atoms with Gasteiger partial charge in [0.15, 0.2) is 0 Å². The molecule has 0 radical (unpaired) electrons. The number of likely N-dealkylation sites (tertiary alicyclic amines) is 1. The first-order valence-corrected chi connectivity index (χ1v) is 6.89. The molecule has 1 heterocycles. The van der Waals surface area contributed by atoms with E-state index in [4.69, 9.17) is 5.11 Å². The fraction of sp³-hybridized carbons (Fsp3) is 0.846. The summed E-state index contributed by atoms with van der Waals surface area (Å²) >= 11 is 0. The monoisotopic (exact) mass is 254 g/mol. The van der Waals surface area contributed by atoms with Crippen molar-refractivity contribution < 1.29 is 14.7 Å². The molecule has 1 aliphatic carbocycles. The molecule has 102 valence electrons. The third-order valence-electron chi connectivity index (χ3n) is 4.26. The third-order valence-corrected chi connectivity index (χ3v) is 4.26. The van der Waals surface area contributed by atoms with Gasteiger partial charge in [0, 0.05) is 12.6 Å². The summed E-state index contributed by atoms with van der Waals surface area (Å²) in [6.07, 6.45) is 6.18. The molecule has 1 aliphatic heterocycles. The molecule has 1 unspecified atom stereocenters. The van der Waals surface area contributed by atoms with E-state index in [1.165, 1.54) is 30.6 Å². The summed E-state index contributed by atoms with van der Waals surface area (Å²) < 4.78 is 0.